The molecule has 1 aromatic carbocycles. The molecule has 0 aliphatic carbocycles. The van der Waals surface area contributed by atoms with Crippen LogP contribution in [0.3, 0.4) is 0 Å². The number of benzene rings is 1. The summed E-state index contributed by atoms with van der Waals surface area (Å²) in [5.74, 6) is 2.46. The van der Waals surface area contributed by atoms with E-state index in [2.05, 4.69) is 10.1 Å². The van der Waals surface area contributed by atoms with E-state index in [1.165, 1.54) is 0 Å². The van der Waals surface area contributed by atoms with E-state index in [0.717, 1.165) is 28.5 Å². The molecule has 0 N–H and O–H groups in total. The largest absolute Gasteiger partial charge is 0.496 e. The van der Waals surface area contributed by atoms with E-state index in [4.69, 9.17) is 4.74 Å². The molecule has 4 heteroatoms. The molecule has 2 rings (SSSR count). The summed E-state index contributed by atoms with van der Waals surface area (Å²) in [6.45, 7) is 3.90. The Hall–Kier alpha value is -1.84. The van der Waals surface area contributed by atoms with Crippen LogP contribution in [-0.2, 0) is 7.05 Å². The van der Waals surface area contributed by atoms with Gasteiger partial charge in [0.15, 0.2) is 5.82 Å². The highest BCUT2D eigenvalue weighted by atomic mass is 16.5. The van der Waals surface area contributed by atoms with Crippen molar-refractivity contribution >= 4 is 0 Å². The number of aromatic nitrogens is 3. The summed E-state index contributed by atoms with van der Waals surface area (Å²) >= 11 is 0. The molecule has 0 unspecified atom stereocenters. The average molecular weight is 217 g/mol. The van der Waals surface area contributed by atoms with Gasteiger partial charge in [0.2, 0.25) is 0 Å². The van der Waals surface area contributed by atoms with E-state index in [9.17, 15) is 0 Å². The molecule has 0 aliphatic heterocycles. The van der Waals surface area contributed by atoms with Gasteiger partial charge in [-0.3, -0.25) is 0 Å². The predicted octanol–water partition coefficient (Wildman–Crippen LogP) is 2.11. The molecule has 0 atom stereocenters. The fraction of sp³-hybridized carbons (Fsp3) is 0.333. The first kappa shape index (κ1) is 10.7. The molecular formula is C12H15N3O. The van der Waals surface area contributed by atoms with E-state index < -0.39 is 0 Å². The number of para-hydroxylation sites is 1. The predicted molar refractivity (Wildman–Crippen MR) is 62.5 cm³/mol. The maximum absolute atomic E-state index is 5.41. The lowest BCUT2D eigenvalue weighted by atomic mass is 10.1. The summed E-state index contributed by atoms with van der Waals surface area (Å²) in [5.41, 5.74) is 2.08. The Morgan fingerprint density at radius 2 is 2.00 bits per heavy atom. The summed E-state index contributed by atoms with van der Waals surface area (Å²) in [7, 11) is 3.56. The van der Waals surface area contributed by atoms with Gasteiger partial charge >= 0.3 is 0 Å². The van der Waals surface area contributed by atoms with Crippen molar-refractivity contribution in [2.45, 2.75) is 13.8 Å². The van der Waals surface area contributed by atoms with Crippen molar-refractivity contribution in [3.8, 4) is 17.1 Å². The van der Waals surface area contributed by atoms with Crippen molar-refractivity contribution < 1.29 is 4.74 Å². The molecule has 0 saturated heterocycles. The van der Waals surface area contributed by atoms with Crippen LogP contribution in [0.2, 0.25) is 0 Å². The van der Waals surface area contributed by atoms with Gasteiger partial charge in [-0.25, -0.2) is 9.67 Å². The third kappa shape index (κ3) is 1.66. The summed E-state index contributed by atoms with van der Waals surface area (Å²) < 4.78 is 7.18. The molecule has 1 heterocycles. The summed E-state index contributed by atoms with van der Waals surface area (Å²) in [5, 5.41) is 4.24. The number of hydrogen-bond acceptors (Lipinski definition) is 3. The quantitative estimate of drug-likeness (QED) is 0.773. The minimum Gasteiger partial charge on any atom is -0.496 e. The summed E-state index contributed by atoms with van der Waals surface area (Å²) in [6.07, 6.45) is 0. The zero-order chi connectivity index (χ0) is 11.7. The van der Waals surface area contributed by atoms with Crippen molar-refractivity contribution in [1.82, 2.24) is 14.8 Å². The van der Waals surface area contributed by atoms with Crippen LogP contribution in [0.25, 0.3) is 11.4 Å². The van der Waals surface area contributed by atoms with Crippen molar-refractivity contribution in [1.29, 1.82) is 0 Å². The van der Waals surface area contributed by atoms with Crippen molar-refractivity contribution in [3.05, 3.63) is 29.6 Å². The Morgan fingerprint density at radius 1 is 1.25 bits per heavy atom. The van der Waals surface area contributed by atoms with Gasteiger partial charge in [0, 0.05) is 7.05 Å². The first-order chi connectivity index (χ1) is 7.63. The summed E-state index contributed by atoms with van der Waals surface area (Å²) in [6, 6.07) is 6.01. The maximum atomic E-state index is 5.41. The van der Waals surface area contributed by atoms with Crippen LogP contribution in [0.4, 0.5) is 0 Å². The second-order valence-corrected chi connectivity index (χ2v) is 3.76. The van der Waals surface area contributed by atoms with E-state index in [-0.39, 0.29) is 0 Å². The van der Waals surface area contributed by atoms with Crippen LogP contribution in [0.5, 0.6) is 5.75 Å². The fourth-order valence-electron chi connectivity index (χ4n) is 1.85. The molecule has 16 heavy (non-hydrogen) atoms. The first-order valence-corrected chi connectivity index (χ1v) is 5.15. The Balaban J connectivity index is 2.64. The molecule has 4 nitrogen and oxygen atoms in total. The lowest BCUT2D eigenvalue weighted by Gasteiger charge is -2.09. The lowest BCUT2D eigenvalue weighted by molar-refractivity contribution is 0.413. The van der Waals surface area contributed by atoms with Gasteiger partial charge in [-0.1, -0.05) is 12.1 Å². The molecule has 0 saturated carbocycles. The van der Waals surface area contributed by atoms with Gasteiger partial charge in [-0.2, -0.15) is 5.10 Å². The van der Waals surface area contributed by atoms with Crippen LogP contribution in [0.1, 0.15) is 11.4 Å². The highest BCUT2D eigenvalue weighted by molar-refractivity contribution is 5.66. The van der Waals surface area contributed by atoms with E-state index in [0.29, 0.717) is 0 Å². The van der Waals surface area contributed by atoms with Gasteiger partial charge in [-0.15, -0.1) is 0 Å². The highest BCUT2D eigenvalue weighted by Gasteiger charge is 2.13. The molecule has 0 aliphatic rings. The van der Waals surface area contributed by atoms with Gasteiger partial charge in [-0.05, 0) is 25.5 Å². The monoisotopic (exact) mass is 217 g/mol. The molecule has 0 radical (unpaired) electrons. The summed E-state index contributed by atoms with van der Waals surface area (Å²) in [4.78, 5) is 4.40. The Morgan fingerprint density at radius 3 is 2.56 bits per heavy atom. The van der Waals surface area contributed by atoms with E-state index in [1.807, 2.05) is 39.1 Å². The zero-order valence-electron chi connectivity index (χ0n) is 9.98. The second kappa shape index (κ2) is 3.96. The third-order valence-corrected chi connectivity index (χ3v) is 2.53. The maximum Gasteiger partial charge on any atom is 0.161 e. The second-order valence-electron chi connectivity index (χ2n) is 3.76. The highest BCUT2D eigenvalue weighted by Crippen LogP contribution is 2.31. The van der Waals surface area contributed by atoms with Gasteiger partial charge < -0.3 is 4.74 Å². The van der Waals surface area contributed by atoms with Crippen molar-refractivity contribution in [3.63, 3.8) is 0 Å². The number of methoxy groups -OCH3 is 1. The SMILES string of the molecule is COc1c(C)cccc1-c1nc(C)nn1C. The molecule has 0 spiro atoms. The van der Waals surface area contributed by atoms with Gasteiger partial charge in [0.05, 0.1) is 12.7 Å². The van der Waals surface area contributed by atoms with Gasteiger partial charge in [0.1, 0.15) is 11.6 Å². The van der Waals surface area contributed by atoms with Crippen molar-refractivity contribution in [2.24, 2.45) is 7.05 Å². The molecular weight excluding hydrogens is 202 g/mol. The minimum atomic E-state index is 0.765. The zero-order valence-corrected chi connectivity index (χ0v) is 9.98. The molecule has 0 fully saturated rings. The third-order valence-electron chi connectivity index (χ3n) is 2.53. The Kier molecular flexibility index (Phi) is 2.64. The molecule has 2 aromatic rings. The van der Waals surface area contributed by atoms with Gasteiger partial charge in [0.25, 0.3) is 0 Å². The van der Waals surface area contributed by atoms with Crippen LogP contribution in [0.15, 0.2) is 18.2 Å². The van der Waals surface area contributed by atoms with Crippen LogP contribution in [-0.4, -0.2) is 21.9 Å². The topological polar surface area (TPSA) is 39.9 Å². The van der Waals surface area contributed by atoms with Crippen LogP contribution < -0.4 is 4.74 Å². The number of nitrogens with zero attached hydrogens (tertiary/aromatic N) is 3. The lowest BCUT2D eigenvalue weighted by Crippen LogP contribution is -1.98. The van der Waals surface area contributed by atoms with Crippen LogP contribution >= 0.6 is 0 Å². The molecule has 1 aromatic heterocycles. The fourth-order valence-corrected chi connectivity index (χ4v) is 1.85. The standard InChI is InChI=1S/C12H15N3O/c1-8-6-5-7-10(11(8)16-4)12-13-9(2)14-15(12)3/h5-7H,1-4H3. The number of aryl methyl sites for hydroxylation is 3. The molecule has 0 bridgehead atoms. The number of ether oxygens (including phenoxy) is 1. The van der Waals surface area contributed by atoms with E-state index in [1.54, 1.807) is 11.8 Å². The average Bonchev–Trinajstić information content (AvgIpc) is 2.57. The van der Waals surface area contributed by atoms with Crippen LogP contribution in [0, 0.1) is 13.8 Å². The first-order valence-electron chi connectivity index (χ1n) is 5.15. The molecule has 0 amide bonds. The number of rotatable bonds is 2. The Labute approximate surface area is 94.9 Å². The van der Waals surface area contributed by atoms with E-state index >= 15 is 0 Å². The Bertz CT molecular complexity index is 517. The minimum absolute atomic E-state index is 0.765. The van der Waals surface area contributed by atoms with Crippen molar-refractivity contribution in [2.75, 3.05) is 7.11 Å². The normalized spacial score (nSPS) is 10.5. The smallest absolute Gasteiger partial charge is 0.161 e. The number of hydrogen-bond donors (Lipinski definition) is 0. The molecule has 84 valence electrons.